The third kappa shape index (κ3) is 3.05. The highest BCUT2D eigenvalue weighted by atomic mass is 14.9. The number of rotatable bonds is 3. The maximum atomic E-state index is 4.50. The number of aromatic nitrogens is 1. The molecular formula is C19H20N2. The molecule has 21 heavy (non-hydrogen) atoms. The van der Waals surface area contributed by atoms with E-state index in [0.717, 1.165) is 16.6 Å². The smallest absolute Gasteiger partial charge is 0.0703 e. The Morgan fingerprint density at radius 3 is 2.43 bits per heavy atom. The largest absolute Gasteiger partial charge is 0.377 e. The molecule has 0 spiro atoms. The Kier molecular flexibility index (Phi) is 3.61. The molecule has 3 aromatic rings. The number of hydrogen-bond acceptors (Lipinski definition) is 2. The second-order valence-electron chi connectivity index (χ2n) is 5.70. The summed E-state index contributed by atoms with van der Waals surface area (Å²) in [7, 11) is 0. The minimum Gasteiger partial charge on any atom is -0.377 e. The summed E-state index contributed by atoms with van der Waals surface area (Å²) < 4.78 is 0. The van der Waals surface area contributed by atoms with Gasteiger partial charge in [0.2, 0.25) is 0 Å². The van der Waals surface area contributed by atoms with Crippen molar-refractivity contribution in [3.63, 3.8) is 0 Å². The van der Waals surface area contributed by atoms with E-state index in [-0.39, 0.29) is 6.04 Å². The van der Waals surface area contributed by atoms with Gasteiger partial charge in [0, 0.05) is 11.4 Å². The lowest BCUT2D eigenvalue weighted by Gasteiger charge is -2.17. The van der Waals surface area contributed by atoms with E-state index in [1.54, 1.807) is 0 Å². The van der Waals surface area contributed by atoms with Crippen LogP contribution >= 0.6 is 0 Å². The summed E-state index contributed by atoms with van der Waals surface area (Å²) in [6, 6.07) is 17.3. The summed E-state index contributed by atoms with van der Waals surface area (Å²) in [5, 5.41) is 4.70. The highest BCUT2D eigenvalue weighted by Crippen LogP contribution is 2.23. The zero-order valence-corrected chi connectivity index (χ0v) is 12.7. The van der Waals surface area contributed by atoms with Crippen LogP contribution in [-0.2, 0) is 0 Å². The van der Waals surface area contributed by atoms with Gasteiger partial charge in [-0.05, 0) is 38.5 Å². The average Bonchev–Trinajstić information content (AvgIpc) is 2.46. The quantitative estimate of drug-likeness (QED) is 0.726. The predicted molar refractivity (Wildman–Crippen MR) is 89.7 cm³/mol. The van der Waals surface area contributed by atoms with E-state index < -0.39 is 0 Å². The van der Waals surface area contributed by atoms with Gasteiger partial charge in [0.1, 0.15) is 0 Å². The summed E-state index contributed by atoms with van der Waals surface area (Å²) in [4.78, 5) is 4.50. The first-order valence-electron chi connectivity index (χ1n) is 7.31. The Morgan fingerprint density at radius 2 is 1.67 bits per heavy atom. The molecule has 0 saturated heterocycles. The van der Waals surface area contributed by atoms with E-state index in [1.165, 1.54) is 16.7 Å². The zero-order chi connectivity index (χ0) is 14.8. The SMILES string of the molecule is Cc1cc(C)cc(C(C)Nc2cnc3ccccc3c2)c1. The molecule has 0 aliphatic carbocycles. The second kappa shape index (κ2) is 5.57. The minimum absolute atomic E-state index is 0.256. The maximum Gasteiger partial charge on any atom is 0.0703 e. The zero-order valence-electron chi connectivity index (χ0n) is 12.7. The van der Waals surface area contributed by atoms with Gasteiger partial charge in [0.15, 0.2) is 0 Å². The molecule has 106 valence electrons. The van der Waals surface area contributed by atoms with E-state index in [9.17, 15) is 0 Å². The number of pyridine rings is 1. The molecule has 1 unspecified atom stereocenters. The van der Waals surface area contributed by atoms with Crippen LogP contribution in [-0.4, -0.2) is 4.98 Å². The van der Waals surface area contributed by atoms with Crippen LogP contribution in [0.5, 0.6) is 0 Å². The Hall–Kier alpha value is -2.35. The van der Waals surface area contributed by atoms with Crippen LogP contribution in [0, 0.1) is 13.8 Å². The van der Waals surface area contributed by atoms with Crippen LogP contribution in [0.1, 0.15) is 29.7 Å². The number of nitrogens with one attached hydrogen (secondary N) is 1. The number of hydrogen-bond donors (Lipinski definition) is 1. The van der Waals surface area contributed by atoms with Crippen LogP contribution in [0.25, 0.3) is 10.9 Å². The first-order chi connectivity index (χ1) is 10.1. The summed E-state index contributed by atoms with van der Waals surface area (Å²) in [5.74, 6) is 0. The highest BCUT2D eigenvalue weighted by molar-refractivity contribution is 5.81. The molecule has 0 radical (unpaired) electrons. The number of aryl methyl sites for hydroxylation is 2. The fourth-order valence-corrected chi connectivity index (χ4v) is 2.74. The van der Waals surface area contributed by atoms with E-state index in [4.69, 9.17) is 0 Å². The molecule has 0 aliphatic rings. The molecule has 1 atom stereocenters. The number of benzene rings is 2. The van der Waals surface area contributed by atoms with E-state index in [2.05, 4.69) is 61.4 Å². The first kappa shape index (κ1) is 13.6. The molecule has 2 nitrogen and oxygen atoms in total. The molecule has 1 N–H and O–H groups in total. The van der Waals surface area contributed by atoms with Crippen molar-refractivity contribution in [2.24, 2.45) is 0 Å². The lowest BCUT2D eigenvalue weighted by molar-refractivity contribution is 0.880. The topological polar surface area (TPSA) is 24.9 Å². The molecule has 2 heteroatoms. The fourth-order valence-electron chi connectivity index (χ4n) is 2.74. The van der Waals surface area contributed by atoms with Crippen molar-refractivity contribution in [2.75, 3.05) is 5.32 Å². The van der Waals surface area contributed by atoms with Crippen molar-refractivity contribution in [3.8, 4) is 0 Å². The molecule has 0 fully saturated rings. The molecule has 0 bridgehead atoms. The first-order valence-corrected chi connectivity index (χ1v) is 7.31. The van der Waals surface area contributed by atoms with Gasteiger partial charge in [-0.2, -0.15) is 0 Å². The second-order valence-corrected chi connectivity index (χ2v) is 5.70. The molecule has 0 aliphatic heterocycles. The van der Waals surface area contributed by atoms with Crippen LogP contribution in [0.3, 0.4) is 0 Å². The molecule has 2 aromatic carbocycles. The Balaban J connectivity index is 1.86. The van der Waals surface area contributed by atoms with Gasteiger partial charge in [0.05, 0.1) is 17.4 Å². The van der Waals surface area contributed by atoms with E-state index in [0.29, 0.717) is 0 Å². The van der Waals surface area contributed by atoms with Gasteiger partial charge in [-0.15, -0.1) is 0 Å². The Bertz CT molecular complexity index is 757. The van der Waals surface area contributed by atoms with E-state index in [1.807, 2.05) is 24.4 Å². The van der Waals surface area contributed by atoms with Crippen LogP contribution in [0.15, 0.2) is 54.7 Å². The van der Waals surface area contributed by atoms with Gasteiger partial charge < -0.3 is 5.32 Å². The molecule has 3 rings (SSSR count). The number of nitrogens with zero attached hydrogens (tertiary/aromatic N) is 1. The van der Waals surface area contributed by atoms with Crippen molar-refractivity contribution < 1.29 is 0 Å². The molecule has 1 aromatic heterocycles. The van der Waals surface area contributed by atoms with Gasteiger partial charge in [-0.3, -0.25) is 4.98 Å². The van der Waals surface area contributed by atoms with Crippen LogP contribution in [0.4, 0.5) is 5.69 Å². The number of para-hydroxylation sites is 1. The lowest BCUT2D eigenvalue weighted by Crippen LogP contribution is -2.07. The number of anilines is 1. The average molecular weight is 276 g/mol. The fraction of sp³-hybridized carbons (Fsp3) is 0.211. The van der Waals surface area contributed by atoms with Gasteiger partial charge in [0.25, 0.3) is 0 Å². The summed E-state index contributed by atoms with van der Waals surface area (Å²) in [6.45, 7) is 6.46. The standard InChI is InChI=1S/C19H20N2/c1-13-8-14(2)10-17(9-13)15(3)21-18-11-16-6-4-5-7-19(16)20-12-18/h4-12,15,21H,1-3H3. The summed E-state index contributed by atoms with van der Waals surface area (Å²) in [5.41, 5.74) is 5.99. The molecule has 0 amide bonds. The minimum atomic E-state index is 0.256. The molecule has 0 saturated carbocycles. The monoisotopic (exact) mass is 276 g/mol. The maximum absolute atomic E-state index is 4.50. The van der Waals surface area contributed by atoms with Gasteiger partial charge in [-0.1, -0.05) is 47.5 Å². The number of fused-ring (bicyclic) bond motifs is 1. The van der Waals surface area contributed by atoms with Crippen molar-refractivity contribution in [3.05, 3.63) is 71.4 Å². The van der Waals surface area contributed by atoms with E-state index >= 15 is 0 Å². The van der Waals surface area contributed by atoms with Crippen LogP contribution in [0.2, 0.25) is 0 Å². The van der Waals surface area contributed by atoms with Crippen molar-refractivity contribution >= 4 is 16.6 Å². The third-order valence-electron chi connectivity index (χ3n) is 3.72. The van der Waals surface area contributed by atoms with Crippen molar-refractivity contribution in [1.82, 2.24) is 4.98 Å². The van der Waals surface area contributed by atoms with Crippen LogP contribution < -0.4 is 5.32 Å². The summed E-state index contributed by atoms with van der Waals surface area (Å²) in [6.07, 6.45) is 1.90. The summed E-state index contributed by atoms with van der Waals surface area (Å²) >= 11 is 0. The molecule has 1 heterocycles. The normalized spacial score (nSPS) is 12.3. The third-order valence-corrected chi connectivity index (χ3v) is 3.72. The Morgan fingerprint density at radius 1 is 0.952 bits per heavy atom. The lowest BCUT2D eigenvalue weighted by atomic mass is 10.0. The Labute approximate surface area is 125 Å². The highest BCUT2D eigenvalue weighted by Gasteiger charge is 2.07. The van der Waals surface area contributed by atoms with Gasteiger partial charge >= 0.3 is 0 Å². The van der Waals surface area contributed by atoms with Gasteiger partial charge in [-0.25, -0.2) is 0 Å². The van der Waals surface area contributed by atoms with Crippen molar-refractivity contribution in [1.29, 1.82) is 0 Å². The molecular weight excluding hydrogens is 256 g/mol. The van der Waals surface area contributed by atoms with Crippen molar-refractivity contribution in [2.45, 2.75) is 26.8 Å². The predicted octanol–water partition coefficient (Wildman–Crippen LogP) is 5.02.